The highest BCUT2D eigenvalue weighted by Gasteiger charge is 2.15. The number of carbonyl (C=O) groups excluding carboxylic acids is 1. The fraction of sp³-hybridized carbons (Fsp3) is 0.917. The van der Waals surface area contributed by atoms with Crippen molar-refractivity contribution in [3.05, 3.63) is 0 Å². The van der Waals surface area contributed by atoms with Crippen LogP contribution in [0.15, 0.2) is 0 Å². The largest absolute Gasteiger partial charge is 0.444 e. The SMILES string of the molecule is CCN(CCO)CCCNC(=O)OC(C)(C)C. The molecule has 102 valence electrons. The monoisotopic (exact) mass is 246 g/mol. The van der Waals surface area contributed by atoms with Crippen LogP contribution in [0, 0.1) is 0 Å². The zero-order valence-corrected chi connectivity index (χ0v) is 11.5. The van der Waals surface area contributed by atoms with E-state index < -0.39 is 5.60 Å². The number of hydrogen-bond donors (Lipinski definition) is 2. The van der Waals surface area contributed by atoms with Crippen LogP contribution in [0.25, 0.3) is 0 Å². The van der Waals surface area contributed by atoms with Crippen LogP contribution < -0.4 is 5.32 Å². The Hall–Kier alpha value is -0.810. The summed E-state index contributed by atoms with van der Waals surface area (Å²) in [7, 11) is 0. The van der Waals surface area contributed by atoms with Gasteiger partial charge in [0.25, 0.3) is 0 Å². The van der Waals surface area contributed by atoms with E-state index >= 15 is 0 Å². The molecule has 0 spiro atoms. The highest BCUT2D eigenvalue weighted by atomic mass is 16.6. The van der Waals surface area contributed by atoms with Crippen molar-refractivity contribution in [1.82, 2.24) is 10.2 Å². The minimum atomic E-state index is -0.448. The molecule has 0 bridgehead atoms. The van der Waals surface area contributed by atoms with E-state index in [4.69, 9.17) is 9.84 Å². The highest BCUT2D eigenvalue weighted by molar-refractivity contribution is 5.67. The lowest BCUT2D eigenvalue weighted by molar-refractivity contribution is 0.0525. The normalized spacial score (nSPS) is 11.6. The molecular formula is C12H26N2O3. The molecule has 0 aliphatic carbocycles. The van der Waals surface area contributed by atoms with Crippen molar-refractivity contribution in [2.75, 3.05) is 32.8 Å². The second-order valence-electron chi connectivity index (χ2n) is 4.94. The molecule has 0 aromatic carbocycles. The van der Waals surface area contributed by atoms with Crippen molar-refractivity contribution < 1.29 is 14.6 Å². The number of rotatable bonds is 7. The van der Waals surface area contributed by atoms with Gasteiger partial charge in [-0.05, 0) is 40.3 Å². The molecule has 0 saturated carbocycles. The van der Waals surface area contributed by atoms with E-state index in [9.17, 15) is 4.79 Å². The summed E-state index contributed by atoms with van der Waals surface area (Å²) in [6.07, 6.45) is 0.482. The molecular weight excluding hydrogens is 220 g/mol. The number of ether oxygens (including phenoxy) is 1. The topological polar surface area (TPSA) is 61.8 Å². The van der Waals surface area contributed by atoms with Gasteiger partial charge >= 0.3 is 6.09 Å². The number of aliphatic hydroxyl groups excluding tert-OH is 1. The smallest absolute Gasteiger partial charge is 0.407 e. The van der Waals surface area contributed by atoms with E-state index in [2.05, 4.69) is 17.1 Å². The summed E-state index contributed by atoms with van der Waals surface area (Å²) in [4.78, 5) is 13.4. The van der Waals surface area contributed by atoms with Crippen LogP contribution in [0.4, 0.5) is 4.79 Å². The summed E-state index contributed by atoms with van der Waals surface area (Å²) >= 11 is 0. The predicted molar refractivity (Wildman–Crippen MR) is 68.1 cm³/mol. The van der Waals surface area contributed by atoms with Gasteiger partial charge in [0, 0.05) is 13.1 Å². The molecule has 5 heteroatoms. The van der Waals surface area contributed by atoms with E-state index in [1.807, 2.05) is 20.8 Å². The van der Waals surface area contributed by atoms with Gasteiger partial charge in [-0.15, -0.1) is 0 Å². The third kappa shape index (κ3) is 10.1. The number of aliphatic hydroxyl groups is 1. The summed E-state index contributed by atoms with van der Waals surface area (Å²) in [5.41, 5.74) is -0.448. The molecule has 5 nitrogen and oxygen atoms in total. The first-order valence-corrected chi connectivity index (χ1v) is 6.19. The summed E-state index contributed by atoms with van der Waals surface area (Å²) in [6, 6.07) is 0. The van der Waals surface area contributed by atoms with Crippen molar-refractivity contribution in [3.8, 4) is 0 Å². The molecule has 0 atom stereocenters. The Balaban J connectivity index is 3.60. The molecule has 0 rings (SSSR count). The number of nitrogens with one attached hydrogen (secondary N) is 1. The lowest BCUT2D eigenvalue weighted by atomic mass is 10.2. The molecule has 0 heterocycles. The quantitative estimate of drug-likeness (QED) is 0.663. The zero-order valence-electron chi connectivity index (χ0n) is 11.5. The number of hydrogen-bond acceptors (Lipinski definition) is 4. The average Bonchev–Trinajstić information content (AvgIpc) is 2.20. The number of carbonyl (C=O) groups is 1. The third-order valence-corrected chi connectivity index (χ3v) is 2.18. The molecule has 17 heavy (non-hydrogen) atoms. The Bertz CT molecular complexity index is 214. The average molecular weight is 246 g/mol. The Morgan fingerprint density at radius 2 is 2.00 bits per heavy atom. The molecule has 0 fully saturated rings. The number of nitrogens with zero attached hydrogens (tertiary/aromatic N) is 1. The van der Waals surface area contributed by atoms with Crippen LogP contribution in [-0.4, -0.2) is 54.5 Å². The van der Waals surface area contributed by atoms with E-state index in [0.29, 0.717) is 13.1 Å². The van der Waals surface area contributed by atoms with Crippen LogP contribution >= 0.6 is 0 Å². The summed E-state index contributed by atoms with van der Waals surface area (Å²) < 4.78 is 5.11. The van der Waals surface area contributed by atoms with Crippen molar-refractivity contribution in [2.45, 2.75) is 39.7 Å². The van der Waals surface area contributed by atoms with Gasteiger partial charge in [-0.3, -0.25) is 0 Å². The standard InChI is InChI=1S/C12H26N2O3/c1-5-14(9-10-15)8-6-7-13-11(16)17-12(2,3)4/h15H,5-10H2,1-4H3,(H,13,16). The maximum atomic E-state index is 11.3. The molecule has 0 aromatic heterocycles. The molecule has 0 radical (unpaired) electrons. The molecule has 0 unspecified atom stereocenters. The fourth-order valence-electron chi connectivity index (χ4n) is 1.38. The van der Waals surface area contributed by atoms with Crippen LogP contribution in [0.3, 0.4) is 0 Å². The molecule has 2 N–H and O–H groups in total. The van der Waals surface area contributed by atoms with Crippen molar-refractivity contribution in [2.24, 2.45) is 0 Å². The number of alkyl carbamates (subject to hydrolysis) is 1. The highest BCUT2D eigenvalue weighted by Crippen LogP contribution is 2.06. The van der Waals surface area contributed by atoms with Gasteiger partial charge in [-0.25, -0.2) is 4.79 Å². The van der Waals surface area contributed by atoms with Gasteiger partial charge in [0.2, 0.25) is 0 Å². The lowest BCUT2D eigenvalue weighted by Gasteiger charge is -2.21. The molecule has 1 amide bonds. The molecule has 0 saturated heterocycles. The lowest BCUT2D eigenvalue weighted by Crippen LogP contribution is -2.35. The predicted octanol–water partition coefficient (Wildman–Crippen LogP) is 1.22. The maximum absolute atomic E-state index is 11.3. The van der Waals surface area contributed by atoms with Gasteiger partial charge in [-0.1, -0.05) is 6.92 Å². The van der Waals surface area contributed by atoms with Gasteiger partial charge < -0.3 is 20.1 Å². The Labute approximate surface area is 104 Å². The third-order valence-electron chi connectivity index (χ3n) is 2.18. The first kappa shape index (κ1) is 16.2. The van der Waals surface area contributed by atoms with E-state index in [-0.39, 0.29) is 12.7 Å². The Morgan fingerprint density at radius 3 is 2.47 bits per heavy atom. The van der Waals surface area contributed by atoms with E-state index in [0.717, 1.165) is 19.5 Å². The minimum absolute atomic E-state index is 0.174. The van der Waals surface area contributed by atoms with Crippen LogP contribution in [0.2, 0.25) is 0 Å². The van der Waals surface area contributed by atoms with Crippen LogP contribution in [-0.2, 0) is 4.74 Å². The molecule has 0 aliphatic rings. The van der Waals surface area contributed by atoms with Gasteiger partial charge in [0.15, 0.2) is 0 Å². The Morgan fingerprint density at radius 1 is 1.35 bits per heavy atom. The molecule has 0 aromatic rings. The summed E-state index contributed by atoms with van der Waals surface area (Å²) in [6.45, 7) is 10.8. The second-order valence-corrected chi connectivity index (χ2v) is 4.94. The summed E-state index contributed by atoms with van der Waals surface area (Å²) in [5.74, 6) is 0. The van der Waals surface area contributed by atoms with E-state index in [1.54, 1.807) is 0 Å². The second kappa shape index (κ2) is 8.31. The van der Waals surface area contributed by atoms with Crippen molar-refractivity contribution in [1.29, 1.82) is 0 Å². The Kier molecular flexibility index (Phi) is 7.91. The molecule has 0 aliphatic heterocycles. The maximum Gasteiger partial charge on any atom is 0.407 e. The van der Waals surface area contributed by atoms with Crippen LogP contribution in [0.5, 0.6) is 0 Å². The first-order chi connectivity index (χ1) is 7.89. The van der Waals surface area contributed by atoms with Gasteiger partial charge in [0.05, 0.1) is 6.61 Å². The van der Waals surface area contributed by atoms with Crippen molar-refractivity contribution >= 4 is 6.09 Å². The van der Waals surface area contributed by atoms with Crippen LogP contribution in [0.1, 0.15) is 34.1 Å². The first-order valence-electron chi connectivity index (χ1n) is 6.19. The summed E-state index contributed by atoms with van der Waals surface area (Å²) in [5, 5.41) is 11.5. The van der Waals surface area contributed by atoms with E-state index in [1.165, 1.54) is 0 Å². The van der Waals surface area contributed by atoms with Gasteiger partial charge in [0.1, 0.15) is 5.60 Å². The number of amides is 1. The fourth-order valence-corrected chi connectivity index (χ4v) is 1.38. The number of likely N-dealkylation sites (N-methyl/N-ethyl adjacent to an activating group) is 1. The minimum Gasteiger partial charge on any atom is -0.444 e. The van der Waals surface area contributed by atoms with Crippen molar-refractivity contribution in [3.63, 3.8) is 0 Å². The zero-order chi connectivity index (χ0) is 13.3. The van der Waals surface area contributed by atoms with Gasteiger partial charge in [-0.2, -0.15) is 0 Å².